The summed E-state index contributed by atoms with van der Waals surface area (Å²) in [5, 5.41) is 16.2. The normalized spacial score (nSPS) is 13.5. The van der Waals surface area contributed by atoms with Gasteiger partial charge in [-0.25, -0.2) is 4.79 Å². The molecule has 3 N–H and O–H groups in total. The number of carbonyl (C=O) groups excluding carboxylic acids is 3. The Kier molecular flexibility index (Phi) is 13.7. The van der Waals surface area contributed by atoms with Crippen LogP contribution >= 0.6 is 0 Å². The number of carbonyl (C=O) groups is 3. The number of amides is 3. The largest absolute Gasteiger partial charge is 0.508 e. The Labute approximate surface area is 245 Å². The molecule has 3 unspecified atom stereocenters. The van der Waals surface area contributed by atoms with Gasteiger partial charge >= 0.3 is 6.09 Å². The molecule has 0 bridgehead atoms. The molecule has 0 heterocycles. The van der Waals surface area contributed by atoms with Crippen molar-refractivity contribution in [3.63, 3.8) is 0 Å². The van der Waals surface area contributed by atoms with E-state index in [1.54, 1.807) is 37.8 Å². The minimum atomic E-state index is -0.991. The topological polar surface area (TPSA) is 108 Å². The fraction of sp³-hybridized carbons (Fsp3) is 0.545. The number of benzene rings is 2. The summed E-state index contributed by atoms with van der Waals surface area (Å²) in [6, 6.07) is 13.9. The van der Waals surface area contributed by atoms with E-state index in [0.717, 1.165) is 37.7 Å². The second kappa shape index (κ2) is 16.7. The van der Waals surface area contributed by atoms with Crippen LogP contribution in [0.1, 0.15) is 97.2 Å². The number of nitrogens with one attached hydrogen (secondary N) is 2. The summed E-state index contributed by atoms with van der Waals surface area (Å²) in [4.78, 5) is 42.8. The van der Waals surface area contributed by atoms with E-state index in [9.17, 15) is 19.5 Å². The summed E-state index contributed by atoms with van der Waals surface area (Å²) in [5.41, 5.74) is 0.623. The van der Waals surface area contributed by atoms with Crippen molar-refractivity contribution < 1.29 is 24.2 Å². The van der Waals surface area contributed by atoms with Gasteiger partial charge in [-0.1, -0.05) is 82.0 Å². The summed E-state index contributed by atoms with van der Waals surface area (Å²) >= 11 is 0. The first-order chi connectivity index (χ1) is 19.4. The van der Waals surface area contributed by atoms with E-state index in [1.165, 1.54) is 12.1 Å². The van der Waals surface area contributed by atoms with Crippen molar-refractivity contribution in [3.8, 4) is 5.75 Å². The van der Waals surface area contributed by atoms with E-state index in [4.69, 9.17) is 4.74 Å². The van der Waals surface area contributed by atoms with Gasteiger partial charge in [0.2, 0.25) is 11.8 Å². The molecule has 3 amide bonds. The maximum absolute atomic E-state index is 14.4. The number of phenols is 1. The maximum atomic E-state index is 14.4. The van der Waals surface area contributed by atoms with E-state index in [-0.39, 0.29) is 30.0 Å². The maximum Gasteiger partial charge on any atom is 0.408 e. The van der Waals surface area contributed by atoms with Gasteiger partial charge in [0, 0.05) is 19.0 Å². The van der Waals surface area contributed by atoms with Crippen LogP contribution in [0, 0.1) is 0 Å². The smallest absolute Gasteiger partial charge is 0.408 e. The molecule has 0 saturated carbocycles. The molecule has 0 saturated heterocycles. The lowest BCUT2D eigenvalue weighted by molar-refractivity contribution is -0.142. The minimum Gasteiger partial charge on any atom is -0.508 e. The number of hydrogen-bond donors (Lipinski definition) is 3. The average molecular weight is 568 g/mol. The van der Waals surface area contributed by atoms with Crippen LogP contribution in [0.5, 0.6) is 5.75 Å². The first kappa shape index (κ1) is 33.7. The molecule has 226 valence electrons. The first-order valence-electron chi connectivity index (χ1n) is 14.9. The van der Waals surface area contributed by atoms with Crippen molar-refractivity contribution in [2.45, 2.75) is 110 Å². The van der Waals surface area contributed by atoms with Crippen LogP contribution in [0.25, 0.3) is 0 Å². The zero-order chi connectivity index (χ0) is 30.4. The highest BCUT2D eigenvalue weighted by Crippen LogP contribution is 2.27. The van der Waals surface area contributed by atoms with Crippen LogP contribution in [-0.4, -0.2) is 52.1 Å². The summed E-state index contributed by atoms with van der Waals surface area (Å²) in [5.74, 6) is -0.702. The Bertz CT molecular complexity index is 1100. The molecule has 0 aromatic heterocycles. The Morgan fingerprint density at radius 1 is 0.927 bits per heavy atom. The van der Waals surface area contributed by atoms with E-state index in [0.29, 0.717) is 18.5 Å². The summed E-state index contributed by atoms with van der Waals surface area (Å²) in [6.45, 7) is 11.7. The number of unbranched alkanes of at least 4 members (excludes halogenated alkanes) is 3. The van der Waals surface area contributed by atoms with Crippen LogP contribution in [0.2, 0.25) is 0 Å². The molecule has 0 radical (unpaired) electrons. The standard InChI is InChI=1S/C33H49N3O5/c1-7-9-10-14-21-36(29(26-19-15-20-27(37)23-26)30(38)34-24(3)16-8-2)31(39)28(22-25-17-12-11-13-18-25)35-32(40)41-33(4,5)6/h11-13,15,17-20,23-24,28-29,37H,7-10,14,16,21-22H2,1-6H3,(H,34,38)(H,35,40). The molecule has 2 rings (SSSR count). The van der Waals surface area contributed by atoms with Crippen LogP contribution in [0.3, 0.4) is 0 Å². The van der Waals surface area contributed by atoms with Gasteiger partial charge in [-0.15, -0.1) is 0 Å². The first-order valence-corrected chi connectivity index (χ1v) is 14.9. The Balaban J connectivity index is 2.55. The summed E-state index contributed by atoms with van der Waals surface area (Å²) in [7, 11) is 0. The molecular formula is C33H49N3O5. The number of rotatable bonds is 15. The molecule has 41 heavy (non-hydrogen) atoms. The molecule has 2 aromatic carbocycles. The second-order valence-corrected chi connectivity index (χ2v) is 11.7. The quantitative estimate of drug-likeness (QED) is 0.220. The van der Waals surface area contributed by atoms with Gasteiger partial charge in [0.15, 0.2) is 0 Å². The number of ether oxygens (including phenoxy) is 1. The monoisotopic (exact) mass is 567 g/mol. The van der Waals surface area contributed by atoms with Crippen molar-refractivity contribution >= 4 is 17.9 Å². The van der Waals surface area contributed by atoms with Gasteiger partial charge in [0.25, 0.3) is 0 Å². The molecule has 0 aliphatic carbocycles. The number of aromatic hydroxyl groups is 1. The van der Waals surface area contributed by atoms with Gasteiger partial charge in [-0.2, -0.15) is 0 Å². The predicted octanol–water partition coefficient (Wildman–Crippen LogP) is 6.28. The van der Waals surface area contributed by atoms with Crippen LogP contribution in [-0.2, 0) is 20.7 Å². The van der Waals surface area contributed by atoms with Gasteiger partial charge in [-0.3, -0.25) is 9.59 Å². The average Bonchev–Trinajstić information content (AvgIpc) is 2.89. The van der Waals surface area contributed by atoms with Crippen molar-refractivity contribution in [1.82, 2.24) is 15.5 Å². The fourth-order valence-corrected chi connectivity index (χ4v) is 4.77. The number of hydrogen-bond acceptors (Lipinski definition) is 5. The van der Waals surface area contributed by atoms with E-state index in [1.807, 2.05) is 37.3 Å². The van der Waals surface area contributed by atoms with Crippen molar-refractivity contribution in [3.05, 3.63) is 65.7 Å². The van der Waals surface area contributed by atoms with E-state index < -0.39 is 23.8 Å². The Hall–Kier alpha value is -3.55. The Morgan fingerprint density at radius 3 is 2.24 bits per heavy atom. The number of alkyl carbamates (subject to hydrolysis) is 1. The Morgan fingerprint density at radius 2 is 1.63 bits per heavy atom. The molecule has 0 aliphatic heterocycles. The fourth-order valence-electron chi connectivity index (χ4n) is 4.77. The van der Waals surface area contributed by atoms with Gasteiger partial charge in [0.05, 0.1) is 0 Å². The third-order valence-electron chi connectivity index (χ3n) is 6.66. The minimum absolute atomic E-state index is 0.00741. The lowest BCUT2D eigenvalue weighted by Gasteiger charge is -2.35. The third kappa shape index (κ3) is 11.8. The molecule has 0 spiro atoms. The van der Waals surface area contributed by atoms with Crippen molar-refractivity contribution in [1.29, 1.82) is 0 Å². The SMILES string of the molecule is CCCCCCN(C(=O)C(Cc1ccccc1)NC(=O)OC(C)(C)C)C(C(=O)NC(C)CCC)c1cccc(O)c1. The lowest BCUT2D eigenvalue weighted by atomic mass is 9.99. The summed E-state index contributed by atoms with van der Waals surface area (Å²) < 4.78 is 5.50. The second-order valence-electron chi connectivity index (χ2n) is 11.7. The highest BCUT2D eigenvalue weighted by molar-refractivity contribution is 5.92. The van der Waals surface area contributed by atoms with Crippen LogP contribution < -0.4 is 10.6 Å². The highest BCUT2D eigenvalue weighted by Gasteiger charge is 2.36. The van der Waals surface area contributed by atoms with Gasteiger partial charge in [-0.05, 0) is 63.8 Å². The molecule has 8 nitrogen and oxygen atoms in total. The molecule has 0 aliphatic rings. The number of nitrogens with zero attached hydrogens (tertiary/aromatic N) is 1. The lowest BCUT2D eigenvalue weighted by Crippen LogP contribution is -2.54. The van der Waals surface area contributed by atoms with Crippen LogP contribution in [0.15, 0.2) is 54.6 Å². The molecule has 0 fully saturated rings. The zero-order valence-corrected chi connectivity index (χ0v) is 25.6. The van der Waals surface area contributed by atoms with Crippen molar-refractivity contribution in [2.24, 2.45) is 0 Å². The third-order valence-corrected chi connectivity index (χ3v) is 6.66. The van der Waals surface area contributed by atoms with Gasteiger partial charge in [0.1, 0.15) is 23.4 Å². The molecule has 8 heteroatoms. The van der Waals surface area contributed by atoms with Crippen molar-refractivity contribution in [2.75, 3.05) is 6.54 Å². The predicted molar refractivity (Wildman–Crippen MR) is 163 cm³/mol. The molecule has 2 aromatic rings. The summed E-state index contributed by atoms with van der Waals surface area (Å²) in [6.07, 6.45) is 4.83. The van der Waals surface area contributed by atoms with Crippen LogP contribution in [0.4, 0.5) is 4.79 Å². The van der Waals surface area contributed by atoms with E-state index in [2.05, 4.69) is 24.5 Å². The number of phenolic OH excluding ortho intramolecular Hbond substituents is 1. The van der Waals surface area contributed by atoms with Gasteiger partial charge < -0.3 is 25.4 Å². The molecular weight excluding hydrogens is 518 g/mol. The zero-order valence-electron chi connectivity index (χ0n) is 25.6. The molecule has 3 atom stereocenters. The highest BCUT2D eigenvalue weighted by atomic mass is 16.6. The van der Waals surface area contributed by atoms with E-state index >= 15 is 0 Å².